The minimum atomic E-state index is -0.537. The molecular weight excluding hydrogens is 276 g/mol. The summed E-state index contributed by atoms with van der Waals surface area (Å²) in [4.78, 5) is 0. The summed E-state index contributed by atoms with van der Waals surface area (Å²) < 4.78 is 7.49. The van der Waals surface area contributed by atoms with Crippen molar-refractivity contribution in [1.82, 2.24) is 9.78 Å². The average molecular weight is 301 g/mol. The van der Waals surface area contributed by atoms with E-state index >= 15 is 0 Å². The first-order valence-corrected chi connectivity index (χ1v) is 7.85. The first-order valence-electron chi connectivity index (χ1n) is 7.47. The Morgan fingerprint density at radius 2 is 2.05 bits per heavy atom. The standard InChI is InChI=1S/C15H25ClN2O2/c1-4-11-14(16)12(18(2)17-11)10-13(19)15(20-3)8-6-5-7-9-15/h13,19H,4-10H2,1-3H3. The van der Waals surface area contributed by atoms with Crippen LogP contribution in [-0.4, -0.2) is 33.7 Å². The van der Waals surface area contributed by atoms with Crippen molar-refractivity contribution in [2.24, 2.45) is 7.05 Å². The third-order valence-electron chi connectivity index (χ3n) is 4.60. The lowest BCUT2D eigenvalue weighted by Crippen LogP contribution is -2.47. The number of hydrogen-bond acceptors (Lipinski definition) is 3. The topological polar surface area (TPSA) is 47.3 Å². The van der Waals surface area contributed by atoms with Crippen molar-refractivity contribution in [1.29, 1.82) is 0 Å². The van der Waals surface area contributed by atoms with Crippen LogP contribution >= 0.6 is 11.6 Å². The van der Waals surface area contributed by atoms with Crippen LogP contribution in [-0.2, 0) is 24.6 Å². The van der Waals surface area contributed by atoms with E-state index in [2.05, 4.69) is 5.10 Å². The van der Waals surface area contributed by atoms with Crippen LogP contribution < -0.4 is 0 Å². The molecule has 1 aliphatic carbocycles. The molecule has 114 valence electrons. The summed E-state index contributed by atoms with van der Waals surface area (Å²) in [5.74, 6) is 0. The minimum absolute atomic E-state index is 0.418. The van der Waals surface area contributed by atoms with Gasteiger partial charge in [0.15, 0.2) is 0 Å². The SMILES string of the molecule is CCc1nn(C)c(CC(O)C2(OC)CCCCC2)c1Cl. The molecule has 0 aliphatic heterocycles. The third kappa shape index (κ3) is 2.87. The van der Waals surface area contributed by atoms with Gasteiger partial charge in [-0.15, -0.1) is 0 Å². The number of hydrogen-bond donors (Lipinski definition) is 1. The molecule has 1 saturated carbocycles. The number of nitrogens with zero attached hydrogens (tertiary/aromatic N) is 2. The van der Waals surface area contributed by atoms with Crippen LogP contribution in [0.5, 0.6) is 0 Å². The molecule has 1 aliphatic rings. The maximum Gasteiger partial charge on any atom is 0.0940 e. The Hall–Kier alpha value is -0.580. The lowest BCUT2D eigenvalue weighted by molar-refractivity contribution is -0.122. The Balaban J connectivity index is 2.18. The zero-order chi connectivity index (χ0) is 14.8. The van der Waals surface area contributed by atoms with Crippen LogP contribution in [0.2, 0.25) is 5.02 Å². The summed E-state index contributed by atoms with van der Waals surface area (Å²) in [6.07, 6.45) is 6.06. The van der Waals surface area contributed by atoms with Crippen LogP contribution in [0.3, 0.4) is 0 Å². The van der Waals surface area contributed by atoms with E-state index < -0.39 is 11.7 Å². The molecule has 1 aromatic heterocycles. The van der Waals surface area contributed by atoms with Crippen LogP contribution in [0.4, 0.5) is 0 Å². The Bertz CT molecular complexity index is 453. The van der Waals surface area contributed by atoms with E-state index in [4.69, 9.17) is 16.3 Å². The van der Waals surface area contributed by atoms with E-state index in [9.17, 15) is 5.11 Å². The molecular formula is C15H25ClN2O2. The molecule has 5 heteroatoms. The van der Waals surface area contributed by atoms with Crippen molar-refractivity contribution in [3.63, 3.8) is 0 Å². The average Bonchev–Trinajstić information content (AvgIpc) is 2.75. The smallest absolute Gasteiger partial charge is 0.0940 e. The zero-order valence-electron chi connectivity index (χ0n) is 12.7. The fraction of sp³-hybridized carbons (Fsp3) is 0.800. The van der Waals surface area contributed by atoms with Gasteiger partial charge in [-0.25, -0.2) is 0 Å². The van der Waals surface area contributed by atoms with E-state index in [1.54, 1.807) is 11.8 Å². The fourth-order valence-electron chi connectivity index (χ4n) is 3.23. The predicted molar refractivity (Wildman–Crippen MR) is 80.1 cm³/mol. The molecule has 1 unspecified atom stereocenters. The van der Waals surface area contributed by atoms with E-state index in [-0.39, 0.29) is 0 Å². The van der Waals surface area contributed by atoms with E-state index in [0.717, 1.165) is 43.5 Å². The van der Waals surface area contributed by atoms with Gasteiger partial charge < -0.3 is 9.84 Å². The van der Waals surface area contributed by atoms with Crippen molar-refractivity contribution in [2.45, 2.75) is 63.6 Å². The van der Waals surface area contributed by atoms with Crippen LogP contribution in [0, 0.1) is 0 Å². The van der Waals surface area contributed by atoms with Gasteiger partial charge in [-0.3, -0.25) is 4.68 Å². The Morgan fingerprint density at radius 3 is 2.55 bits per heavy atom. The lowest BCUT2D eigenvalue weighted by Gasteiger charge is -2.40. The second-order valence-electron chi connectivity index (χ2n) is 5.73. The highest BCUT2D eigenvalue weighted by Crippen LogP contribution is 2.36. The first kappa shape index (κ1) is 15.8. The molecule has 1 fully saturated rings. The maximum atomic E-state index is 10.7. The highest BCUT2D eigenvalue weighted by atomic mass is 35.5. The number of methoxy groups -OCH3 is 1. The number of aryl methyl sites for hydroxylation is 2. The summed E-state index contributed by atoms with van der Waals surface area (Å²) in [6, 6.07) is 0. The summed E-state index contributed by atoms with van der Waals surface area (Å²) in [6.45, 7) is 2.03. The number of aliphatic hydroxyl groups excluding tert-OH is 1. The van der Waals surface area contributed by atoms with Crippen molar-refractivity contribution in [3.8, 4) is 0 Å². The summed E-state index contributed by atoms with van der Waals surface area (Å²) in [7, 11) is 3.59. The van der Waals surface area contributed by atoms with Gasteiger partial charge in [0.2, 0.25) is 0 Å². The van der Waals surface area contributed by atoms with Crippen molar-refractivity contribution < 1.29 is 9.84 Å². The van der Waals surface area contributed by atoms with Gasteiger partial charge in [0.05, 0.1) is 28.1 Å². The largest absolute Gasteiger partial charge is 0.390 e. The Morgan fingerprint density at radius 1 is 1.40 bits per heavy atom. The van der Waals surface area contributed by atoms with Crippen LogP contribution in [0.15, 0.2) is 0 Å². The molecule has 1 aromatic rings. The molecule has 1 N–H and O–H groups in total. The highest BCUT2D eigenvalue weighted by Gasteiger charge is 2.39. The molecule has 0 saturated heterocycles. The van der Waals surface area contributed by atoms with Gasteiger partial charge in [-0.2, -0.15) is 5.10 Å². The lowest BCUT2D eigenvalue weighted by atomic mass is 9.79. The zero-order valence-corrected chi connectivity index (χ0v) is 13.4. The van der Waals surface area contributed by atoms with Crippen molar-refractivity contribution in [2.75, 3.05) is 7.11 Å². The second-order valence-corrected chi connectivity index (χ2v) is 6.11. The second kappa shape index (κ2) is 6.46. The molecule has 1 heterocycles. The molecule has 0 bridgehead atoms. The van der Waals surface area contributed by atoms with Crippen LogP contribution in [0.1, 0.15) is 50.4 Å². The predicted octanol–water partition coefficient (Wildman–Crippen LogP) is 2.89. The van der Waals surface area contributed by atoms with Gasteiger partial charge in [-0.05, 0) is 19.3 Å². The van der Waals surface area contributed by atoms with Crippen molar-refractivity contribution in [3.05, 3.63) is 16.4 Å². The van der Waals surface area contributed by atoms with E-state index in [1.807, 2.05) is 14.0 Å². The summed E-state index contributed by atoms with van der Waals surface area (Å²) >= 11 is 6.37. The molecule has 0 radical (unpaired) electrons. The molecule has 0 amide bonds. The summed E-state index contributed by atoms with van der Waals surface area (Å²) in [5, 5.41) is 15.8. The van der Waals surface area contributed by atoms with Gasteiger partial charge in [0, 0.05) is 20.6 Å². The number of rotatable bonds is 5. The highest BCUT2D eigenvalue weighted by molar-refractivity contribution is 6.31. The van der Waals surface area contributed by atoms with E-state index in [0.29, 0.717) is 11.4 Å². The normalized spacial score (nSPS) is 20.1. The van der Waals surface area contributed by atoms with E-state index in [1.165, 1.54) is 6.42 Å². The minimum Gasteiger partial charge on any atom is -0.390 e. The third-order valence-corrected chi connectivity index (χ3v) is 5.04. The number of halogens is 1. The Labute approximate surface area is 126 Å². The fourth-order valence-corrected chi connectivity index (χ4v) is 3.61. The summed E-state index contributed by atoms with van der Waals surface area (Å²) in [5.41, 5.74) is 1.38. The number of ether oxygens (including phenoxy) is 1. The van der Waals surface area contributed by atoms with Gasteiger partial charge in [-0.1, -0.05) is 37.8 Å². The molecule has 1 atom stereocenters. The number of aromatic nitrogens is 2. The van der Waals surface area contributed by atoms with Gasteiger partial charge in [0.1, 0.15) is 0 Å². The molecule has 2 rings (SSSR count). The van der Waals surface area contributed by atoms with Crippen LogP contribution in [0.25, 0.3) is 0 Å². The molecule has 0 aromatic carbocycles. The number of aliphatic hydroxyl groups is 1. The molecule has 4 nitrogen and oxygen atoms in total. The molecule has 20 heavy (non-hydrogen) atoms. The van der Waals surface area contributed by atoms with Gasteiger partial charge >= 0.3 is 0 Å². The first-order chi connectivity index (χ1) is 9.54. The quantitative estimate of drug-likeness (QED) is 0.909. The maximum absolute atomic E-state index is 10.7. The molecule has 0 spiro atoms. The van der Waals surface area contributed by atoms with Crippen molar-refractivity contribution >= 4 is 11.6 Å². The Kier molecular flexibility index (Phi) is 5.10. The monoisotopic (exact) mass is 300 g/mol. The van der Waals surface area contributed by atoms with Gasteiger partial charge in [0.25, 0.3) is 0 Å².